The molecule has 0 bridgehead atoms. The van der Waals surface area contributed by atoms with Crippen molar-refractivity contribution in [3.63, 3.8) is 0 Å². The summed E-state index contributed by atoms with van der Waals surface area (Å²) in [6.07, 6.45) is 9.36. The van der Waals surface area contributed by atoms with E-state index in [0.717, 1.165) is 47.5 Å². The number of anilines is 1. The molecule has 2 aromatic heterocycles. The van der Waals surface area contributed by atoms with Gasteiger partial charge in [-0.05, 0) is 26.3 Å². The van der Waals surface area contributed by atoms with Gasteiger partial charge in [0.15, 0.2) is 5.82 Å². The average Bonchev–Trinajstić information content (AvgIpc) is 3.13. The fourth-order valence-electron chi connectivity index (χ4n) is 4.14. The van der Waals surface area contributed by atoms with E-state index in [0.29, 0.717) is 17.5 Å². The second-order valence-corrected chi connectivity index (χ2v) is 7.15. The van der Waals surface area contributed by atoms with Crippen LogP contribution in [-0.4, -0.2) is 40.8 Å². The van der Waals surface area contributed by atoms with Crippen LogP contribution in [0.25, 0.3) is 16.8 Å². The third kappa shape index (κ3) is 3.21. The molecule has 140 valence electrons. The lowest BCUT2D eigenvalue weighted by Crippen LogP contribution is -2.31. The summed E-state index contributed by atoms with van der Waals surface area (Å²) >= 11 is 0. The molecule has 1 aromatic carbocycles. The lowest BCUT2D eigenvalue weighted by molar-refractivity contribution is 0.112. The minimum Gasteiger partial charge on any atom is -0.371 e. The summed E-state index contributed by atoms with van der Waals surface area (Å²) in [7, 11) is 3.92. The van der Waals surface area contributed by atoms with Crippen LogP contribution in [0, 0.1) is 0 Å². The molecule has 3 aromatic rings. The van der Waals surface area contributed by atoms with Gasteiger partial charge in [-0.3, -0.25) is 9.20 Å². The Balaban J connectivity index is 1.86. The summed E-state index contributed by atoms with van der Waals surface area (Å²) in [5.74, 6) is 2.32. The van der Waals surface area contributed by atoms with Gasteiger partial charge < -0.3 is 10.6 Å². The number of hydrogen-bond donors (Lipinski definition) is 2. The van der Waals surface area contributed by atoms with Gasteiger partial charge in [-0.1, -0.05) is 30.7 Å². The van der Waals surface area contributed by atoms with Gasteiger partial charge in [0.2, 0.25) is 0 Å². The maximum absolute atomic E-state index is 11.0. The number of aldehydes is 1. The molecule has 2 N–H and O–H groups in total. The molecule has 0 saturated heterocycles. The SMILES string of the molecule is CNc1nccn2c(C3CCCC(NC)C3)nc(-c3ccc(C=O)cc3)c12. The molecule has 1 aliphatic rings. The second-order valence-electron chi connectivity index (χ2n) is 7.15. The number of imidazole rings is 1. The molecule has 1 saturated carbocycles. The molecule has 0 amide bonds. The van der Waals surface area contributed by atoms with Crippen LogP contribution in [0.2, 0.25) is 0 Å². The summed E-state index contributed by atoms with van der Waals surface area (Å²) in [6, 6.07) is 8.12. The van der Waals surface area contributed by atoms with Crippen LogP contribution in [0.1, 0.15) is 47.8 Å². The van der Waals surface area contributed by atoms with E-state index in [1.54, 1.807) is 0 Å². The summed E-state index contributed by atoms with van der Waals surface area (Å²) in [5.41, 5.74) is 3.56. The van der Waals surface area contributed by atoms with Crippen molar-refractivity contribution in [2.45, 2.75) is 37.6 Å². The molecule has 0 radical (unpaired) electrons. The molecule has 2 atom stereocenters. The Morgan fingerprint density at radius 3 is 2.70 bits per heavy atom. The van der Waals surface area contributed by atoms with E-state index in [2.05, 4.69) is 20.0 Å². The van der Waals surface area contributed by atoms with Crippen molar-refractivity contribution in [3.05, 3.63) is 48.0 Å². The molecular weight excluding hydrogens is 338 g/mol. The second kappa shape index (κ2) is 7.48. The van der Waals surface area contributed by atoms with E-state index in [-0.39, 0.29) is 0 Å². The summed E-state index contributed by atoms with van der Waals surface area (Å²) < 4.78 is 2.19. The molecule has 0 spiro atoms. The van der Waals surface area contributed by atoms with Crippen LogP contribution in [0.3, 0.4) is 0 Å². The molecule has 1 fully saturated rings. The molecule has 1 aliphatic carbocycles. The van der Waals surface area contributed by atoms with E-state index < -0.39 is 0 Å². The number of fused-ring (bicyclic) bond motifs is 1. The van der Waals surface area contributed by atoms with Gasteiger partial charge in [-0.2, -0.15) is 0 Å². The molecule has 2 unspecified atom stereocenters. The van der Waals surface area contributed by atoms with Gasteiger partial charge in [0.1, 0.15) is 23.3 Å². The maximum atomic E-state index is 11.0. The number of rotatable bonds is 5. The zero-order valence-electron chi connectivity index (χ0n) is 15.8. The van der Waals surface area contributed by atoms with Crippen molar-refractivity contribution in [2.24, 2.45) is 0 Å². The Morgan fingerprint density at radius 2 is 2.00 bits per heavy atom. The van der Waals surface area contributed by atoms with Crippen molar-refractivity contribution >= 4 is 17.6 Å². The highest BCUT2D eigenvalue weighted by atomic mass is 16.1. The molecule has 4 rings (SSSR count). The van der Waals surface area contributed by atoms with Crippen molar-refractivity contribution in [1.29, 1.82) is 0 Å². The fourth-order valence-corrected chi connectivity index (χ4v) is 4.14. The number of nitrogens with one attached hydrogen (secondary N) is 2. The van der Waals surface area contributed by atoms with Crippen LogP contribution >= 0.6 is 0 Å². The first-order chi connectivity index (χ1) is 13.2. The van der Waals surface area contributed by atoms with E-state index in [4.69, 9.17) is 4.98 Å². The Labute approximate surface area is 159 Å². The van der Waals surface area contributed by atoms with Crippen molar-refractivity contribution < 1.29 is 4.79 Å². The quantitative estimate of drug-likeness (QED) is 0.679. The zero-order valence-corrected chi connectivity index (χ0v) is 15.8. The van der Waals surface area contributed by atoms with Crippen LogP contribution in [0.5, 0.6) is 0 Å². The van der Waals surface area contributed by atoms with E-state index in [1.165, 1.54) is 12.8 Å². The first-order valence-electron chi connectivity index (χ1n) is 9.52. The third-order valence-electron chi connectivity index (χ3n) is 5.59. The number of hydrogen-bond acceptors (Lipinski definition) is 5. The molecule has 27 heavy (non-hydrogen) atoms. The monoisotopic (exact) mass is 363 g/mol. The van der Waals surface area contributed by atoms with Crippen LogP contribution in [0.15, 0.2) is 36.7 Å². The van der Waals surface area contributed by atoms with Crippen molar-refractivity contribution in [3.8, 4) is 11.3 Å². The van der Waals surface area contributed by atoms with Gasteiger partial charge in [0.05, 0.1) is 0 Å². The third-order valence-corrected chi connectivity index (χ3v) is 5.59. The Hall–Kier alpha value is -2.73. The molecule has 0 aliphatic heterocycles. The average molecular weight is 363 g/mol. The molecule has 2 heterocycles. The number of benzene rings is 1. The molecular formula is C21H25N5O. The summed E-state index contributed by atoms with van der Waals surface area (Å²) in [5, 5.41) is 6.63. The van der Waals surface area contributed by atoms with Gasteiger partial charge >= 0.3 is 0 Å². The first-order valence-corrected chi connectivity index (χ1v) is 9.52. The standard InChI is InChI=1S/C21H25N5O/c1-22-17-5-3-4-16(12-17)21-25-18(15-8-6-14(13-27)7-9-15)19-20(23-2)24-10-11-26(19)21/h6-11,13,16-17,22H,3-5,12H2,1-2H3,(H,23,24). The number of aromatic nitrogens is 3. The van der Waals surface area contributed by atoms with E-state index in [9.17, 15) is 4.79 Å². The largest absolute Gasteiger partial charge is 0.371 e. The number of carbonyl (C=O) groups is 1. The number of nitrogens with zero attached hydrogens (tertiary/aromatic N) is 3. The zero-order chi connectivity index (χ0) is 18.8. The fraction of sp³-hybridized carbons (Fsp3) is 0.381. The normalized spacial score (nSPS) is 19.9. The van der Waals surface area contributed by atoms with E-state index >= 15 is 0 Å². The first kappa shape index (κ1) is 17.7. The van der Waals surface area contributed by atoms with Gasteiger partial charge in [-0.25, -0.2) is 9.97 Å². The van der Waals surface area contributed by atoms with Crippen LogP contribution in [-0.2, 0) is 0 Å². The Morgan fingerprint density at radius 1 is 1.19 bits per heavy atom. The minimum absolute atomic E-state index is 0.416. The predicted molar refractivity (Wildman–Crippen MR) is 107 cm³/mol. The van der Waals surface area contributed by atoms with Crippen LogP contribution < -0.4 is 10.6 Å². The predicted octanol–water partition coefficient (Wildman–Crippen LogP) is 3.50. The minimum atomic E-state index is 0.416. The summed E-state index contributed by atoms with van der Waals surface area (Å²) in [4.78, 5) is 20.6. The van der Waals surface area contributed by atoms with Gasteiger partial charge in [-0.15, -0.1) is 0 Å². The Bertz CT molecular complexity index is 947. The van der Waals surface area contributed by atoms with Crippen molar-refractivity contribution in [2.75, 3.05) is 19.4 Å². The number of carbonyl (C=O) groups excluding carboxylic acids is 1. The Kier molecular flexibility index (Phi) is 4.90. The van der Waals surface area contributed by atoms with Crippen LogP contribution in [0.4, 0.5) is 5.82 Å². The highest BCUT2D eigenvalue weighted by Gasteiger charge is 2.27. The smallest absolute Gasteiger partial charge is 0.152 e. The molecule has 6 nitrogen and oxygen atoms in total. The highest BCUT2D eigenvalue weighted by molar-refractivity contribution is 5.87. The topological polar surface area (TPSA) is 71.3 Å². The lowest BCUT2D eigenvalue weighted by atomic mass is 9.85. The summed E-state index contributed by atoms with van der Waals surface area (Å²) in [6.45, 7) is 0. The lowest BCUT2D eigenvalue weighted by Gasteiger charge is -2.28. The van der Waals surface area contributed by atoms with Crippen molar-refractivity contribution in [1.82, 2.24) is 19.7 Å². The highest BCUT2D eigenvalue weighted by Crippen LogP contribution is 2.37. The van der Waals surface area contributed by atoms with Gasteiger partial charge in [0, 0.05) is 42.5 Å². The van der Waals surface area contributed by atoms with Gasteiger partial charge in [0.25, 0.3) is 0 Å². The maximum Gasteiger partial charge on any atom is 0.152 e. The van der Waals surface area contributed by atoms with E-state index in [1.807, 2.05) is 50.8 Å². The molecule has 6 heteroatoms.